The summed E-state index contributed by atoms with van der Waals surface area (Å²) in [6, 6.07) is 9.70. The van der Waals surface area contributed by atoms with E-state index >= 15 is 0 Å². The van der Waals surface area contributed by atoms with Crippen LogP contribution in [0.2, 0.25) is 0 Å². The highest BCUT2D eigenvalue weighted by Crippen LogP contribution is 2.25. The first-order valence-electron chi connectivity index (χ1n) is 10.1. The van der Waals surface area contributed by atoms with Crippen molar-refractivity contribution in [1.29, 1.82) is 0 Å². The highest BCUT2D eigenvalue weighted by atomic mass is 16.1. The number of rotatable bonds is 7. The Balaban J connectivity index is 1.23. The van der Waals surface area contributed by atoms with Crippen LogP contribution in [0, 0.1) is 5.92 Å². The number of hydrogen-bond acceptors (Lipinski definition) is 4. The van der Waals surface area contributed by atoms with Gasteiger partial charge in [-0.2, -0.15) is 0 Å². The van der Waals surface area contributed by atoms with Crippen molar-refractivity contribution in [1.82, 2.24) is 29.4 Å². The van der Waals surface area contributed by atoms with E-state index in [-0.39, 0.29) is 5.91 Å². The summed E-state index contributed by atoms with van der Waals surface area (Å²) < 4.78 is 3.81. The number of fused-ring (bicyclic) bond motifs is 2. The Morgan fingerprint density at radius 2 is 2.07 bits per heavy atom. The molecule has 4 aromatic rings. The maximum Gasteiger partial charge on any atom is 0.268 e. The summed E-state index contributed by atoms with van der Waals surface area (Å²) in [7, 11) is 0. The second-order valence-electron chi connectivity index (χ2n) is 7.75. The van der Waals surface area contributed by atoms with Gasteiger partial charge < -0.3 is 15.0 Å². The van der Waals surface area contributed by atoms with E-state index in [0.29, 0.717) is 12.2 Å². The molecule has 7 nitrogen and oxygen atoms in total. The summed E-state index contributed by atoms with van der Waals surface area (Å²) in [6.45, 7) is 2.34. The molecular weight excluding hydrogens is 364 g/mol. The lowest BCUT2D eigenvalue weighted by molar-refractivity contribution is 0.0944. The van der Waals surface area contributed by atoms with Gasteiger partial charge in [0.2, 0.25) is 0 Å². The predicted molar refractivity (Wildman–Crippen MR) is 111 cm³/mol. The van der Waals surface area contributed by atoms with Crippen molar-refractivity contribution in [2.24, 2.45) is 5.92 Å². The van der Waals surface area contributed by atoms with E-state index in [1.54, 1.807) is 23.0 Å². The van der Waals surface area contributed by atoms with Gasteiger partial charge in [0.15, 0.2) is 0 Å². The van der Waals surface area contributed by atoms with Crippen LogP contribution in [0.25, 0.3) is 11.2 Å². The predicted octanol–water partition coefficient (Wildman–Crippen LogP) is 2.80. The second kappa shape index (κ2) is 7.67. The molecule has 1 amide bonds. The Morgan fingerprint density at radius 3 is 2.93 bits per heavy atom. The molecule has 1 saturated carbocycles. The van der Waals surface area contributed by atoms with Crippen LogP contribution in [0.3, 0.4) is 0 Å². The maximum atomic E-state index is 12.6. The van der Waals surface area contributed by atoms with Crippen LogP contribution in [0.1, 0.15) is 41.0 Å². The lowest BCUT2D eigenvalue weighted by atomic mass is 9.85. The molecule has 0 radical (unpaired) electrons. The lowest BCUT2D eigenvalue weighted by Crippen LogP contribution is -2.26. The molecule has 1 fully saturated rings. The van der Waals surface area contributed by atoms with Crippen LogP contribution in [0.4, 0.5) is 0 Å². The molecule has 148 valence electrons. The van der Waals surface area contributed by atoms with E-state index in [4.69, 9.17) is 0 Å². The van der Waals surface area contributed by atoms with Gasteiger partial charge in [-0.3, -0.25) is 9.20 Å². The molecular formula is C22H24N6O. The van der Waals surface area contributed by atoms with E-state index in [1.165, 1.54) is 24.8 Å². The second-order valence-corrected chi connectivity index (χ2v) is 7.75. The van der Waals surface area contributed by atoms with E-state index in [2.05, 4.69) is 32.9 Å². The molecule has 0 bridgehead atoms. The van der Waals surface area contributed by atoms with Crippen molar-refractivity contribution in [3.63, 3.8) is 0 Å². The molecule has 29 heavy (non-hydrogen) atoms. The van der Waals surface area contributed by atoms with Gasteiger partial charge in [0.05, 0.1) is 30.3 Å². The number of aromatic nitrogens is 4. The van der Waals surface area contributed by atoms with Crippen LogP contribution in [-0.4, -0.2) is 31.2 Å². The molecule has 7 heteroatoms. The lowest BCUT2D eigenvalue weighted by Gasteiger charge is -2.25. The summed E-state index contributed by atoms with van der Waals surface area (Å²) in [5.74, 6) is 0.710. The van der Waals surface area contributed by atoms with Gasteiger partial charge >= 0.3 is 0 Å². The minimum Gasteiger partial charge on any atom is -0.345 e. The normalized spacial score (nSPS) is 14.3. The van der Waals surface area contributed by atoms with Gasteiger partial charge in [-0.05, 0) is 49.1 Å². The number of nitrogens with zero attached hydrogens (tertiary/aromatic N) is 4. The maximum absolute atomic E-state index is 12.6. The standard InChI is InChI=1S/C22H24N6O/c29-22(20-6-2-5-19-12-24-15-28(19)20)25-11-18-14-27-13-17(7-8-21(27)26-18)10-23-9-16-3-1-4-16/h2,5-8,12-16,23H,1,3-4,9-11H2,(H,25,29). The number of nitrogens with one attached hydrogen (secondary N) is 2. The quantitative estimate of drug-likeness (QED) is 0.510. The summed E-state index contributed by atoms with van der Waals surface area (Å²) in [4.78, 5) is 21.3. The molecule has 1 aliphatic carbocycles. The molecule has 4 heterocycles. The van der Waals surface area contributed by atoms with Gasteiger partial charge in [-0.15, -0.1) is 0 Å². The summed E-state index contributed by atoms with van der Waals surface area (Å²) in [5.41, 5.74) is 4.40. The van der Waals surface area contributed by atoms with E-state index in [9.17, 15) is 4.79 Å². The Bertz CT molecular complexity index is 1160. The molecule has 5 rings (SSSR count). The Labute approximate surface area is 168 Å². The van der Waals surface area contributed by atoms with Crippen LogP contribution >= 0.6 is 0 Å². The van der Waals surface area contributed by atoms with Crippen molar-refractivity contribution in [3.05, 3.63) is 72.2 Å². The molecule has 0 aliphatic heterocycles. The van der Waals surface area contributed by atoms with Crippen LogP contribution in [0.15, 0.2) is 55.2 Å². The van der Waals surface area contributed by atoms with E-state index in [1.807, 2.05) is 28.8 Å². The average molecular weight is 388 g/mol. The number of carbonyl (C=O) groups is 1. The van der Waals surface area contributed by atoms with E-state index in [0.717, 1.165) is 35.9 Å². The van der Waals surface area contributed by atoms with Gasteiger partial charge in [0.1, 0.15) is 11.3 Å². The monoisotopic (exact) mass is 388 g/mol. The van der Waals surface area contributed by atoms with Gasteiger partial charge in [0, 0.05) is 18.9 Å². The Morgan fingerprint density at radius 1 is 1.14 bits per heavy atom. The summed E-state index contributed by atoms with van der Waals surface area (Å²) in [5, 5.41) is 6.50. The third-order valence-electron chi connectivity index (χ3n) is 5.66. The Hall–Kier alpha value is -3.19. The number of imidazole rings is 2. The number of pyridine rings is 2. The number of hydrogen-bond donors (Lipinski definition) is 2. The van der Waals surface area contributed by atoms with Crippen LogP contribution < -0.4 is 10.6 Å². The van der Waals surface area contributed by atoms with Crippen molar-refractivity contribution in [3.8, 4) is 0 Å². The fourth-order valence-corrected chi connectivity index (χ4v) is 3.79. The molecule has 0 spiro atoms. The van der Waals surface area contributed by atoms with Gasteiger partial charge in [-0.25, -0.2) is 9.97 Å². The highest BCUT2D eigenvalue weighted by Gasteiger charge is 2.16. The van der Waals surface area contributed by atoms with Crippen molar-refractivity contribution in [2.75, 3.05) is 6.54 Å². The van der Waals surface area contributed by atoms with Gasteiger partial charge in [0.25, 0.3) is 5.91 Å². The van der Waals surface area contributed by atoms with Crippen molar-refractivity contribution < 1.29 is 4.79 Å². The molecule has 2 N–H and O–H groups in total. The first kappa shape index (κ1) is 17.9. The van der Waals surface area contributed by atoms with Crippen LogP contribution in [0.5, 0.6) is 0 Å². The zero-order valence-corrected chi connectivity index (χ0v) is 16.2. The third kappa shape index (κ3) is 3.73. The highest BCUT2D eigenvalue weighted by molar-refractivity contribution is 5.93. The minimum absolute atomic E-state index is 0.147. The molecule has 0 unspecified atom stereocenters. The smallest absolute Gasteiger partial charge is 0.268 e. The molecule has 0 atom stereocenters. The fraction of sp³-hybridized carbons (Fsp3) is 0.318. The van der Waals surface area contributed by atoms with Crippen molar-refractivity contribution >= 4 is 17.1 Å². The fourth-order valence-electron chi connectivity index (χ4n) is 3.79. The first-order chi connectivity index (χ1) is 14.3. The SMILES string of the molecule is O=C(NCc1cn2cc(CNCC3CCC3)ccc2n1)c1cccc2cncn12. The molecule has 1 aliphatic rings. The van der Waals surface area contributed by atoms with Crippen molar-refractivity contribution in [2.45, 2.75) is 32.4 Å². The largest absolute Gasteiger partial charge is 0.345 e. The molecule has 0 saturated heterocycles. The van der Waals surface area contributed by atoms with Gasteiger partial charge in [-0.1, -0.05) is 18.6 Å². The average Bonchev–Trinajstić information content (AvgIpc) is 3.33. The molecule has 0 aromatic carbocycles. The number of carbonyl (C=O) groups excluding carboxylic acids is 1. The summed E-state index contributed by atoms with van der Waals surface area (Å²) >= 11 is 0. The zero-order valence-electron chi connectivity index (χ0n) is 16.2. The zero-order chi connectivity index (χ0) is 19.6. The molecule has 4 aromatic heterocycles. The first-order valence-corrected chi connectivity index (χ1v) is 10.1. The minimum atomic E-state index is -0.147. The number of amides is 1. The third-order valence-corrected chi connectivity index (χ3v) is 5.66. The summed E-state index contributed by atoms with van der Waals surface area (Å²) in [6.07, 6.45) is 11.6. The van der Waals surface area contributed by atoms with Crippen LogP contribution in [-0.2, 0) is 13.1 Å². The Kier molecular flexibility index (Phi) is 4.73. The van der Waals surface area contributed by atoms with E-state index < -0.39 is 0 Å². The topological polar surface area (TPSA) is 75.7 Å².